The molecule has 0 spiro atoms. The number of hydrogen-bond acceptors (Lipinski definition) is 6. The van der Waals surface area contributed by atoms with Gasteiger partial charge in [0.1, 0.15) is 11.9 Å². The second-order valence-electron chi connectivity index (χ2n) is 4.47. The zero-order valence-electron chi connectivity index (χ0n) is 12.6. The van der Waals surface area contributed by atoms with Crippen LogP contribution in [0.25, 0.3) is 0 Å². The average Bonchev–Trinajstić information content (AvgIpc) is 2.51. The van der Waals surface area contributed by atoms with E-state index in [1.165, 1.54) is 18.2 Å². The first-order valence-corrected chi connectivity index (χ1v) is 6.87. The quantitative estimate of drug-likeness (QED) is 0.343. The number of ether oxygens (including phenoxy) is 2. The van der Waals surface area contributed by atoms with E-state index < -0.39 is 17.0 Å². The Morgan fingerprint density at radius 2 is 2.14 bits per heavy atom. The van der Waals surface area contributed by atoms with E-state index in [1.807, 2.05) is 6.92 Å². The predicted molar refractivity (Wildman–Crippen MR) is 79.6 cm³/mol. The van der Waals surface area contributed by atoms with Gasteiger partial charge in [-0.15, -0.1) is 0 Å². The van der Waals surface area contributed by atoms with Gasteiger partial charge in [-0.2, -0.15) is 0 Å². The molecular formula is C15H19NO6. The minimum Gasteiger partial charge on any atom is -0.494 e. The Bertz CT molecular complexity index is 569. The molecule has 0 aliphatic heterocycles. The number of nitro benzene ring substituents is 1. The number of aliphatic hydroxyl groups excluding tert-OH is 1. The van der Waals surface area contributed by atoms with Crippen molar-refractivity contribution in [1.82, 2.24) is 0 Å². The molecule has 0 aliphatic carbocycles. The van der Waals surface area contributed by atoms with Gasteiger partial charge >= 0.3 is 5.97 Å². The summed E-state index contributed by atoms with van der Waals surface area (Å²) < 4.78 is 10.1. The summed E-state index contributed by atoms with van der Waals surface area (Å²) in [6.07, 6.45) is -0.769. The van der Waals surface area contributed by atoms with Crippen molar-refractivity contribution in [3.05, 3.63) is 46.0 Å². The number of nitro groups is 1. The number of esters is 1. The van der Waals surface area contributed by atoms with E-state index in [9.17, 15) is 20.0 Å². The molecule has 22 heavy (non-hydrogen) atoms. The lowest BCUT2D eigenvalue weighted by atomic mass is 10.0. The lowest BCUT2D eigenvalue weighted by molar-refractivity contribution is -0.386. The monoisotopic (exact) mass is 309 g/mol. The van der Waals surface area contributed by atoms with Crippen molar-refractivity contribution in [2.45, 2.75) is 26.4 Å². The molecule has 0 unspecified atom stereocenters. The fraction of sp³-hybridized carbons (Fsp3) is 0.400. The molecule has 0 saturated carbocycles. The van der Waals surface area contributed by atoms with Gasteiger partial charge in [-0.3, -0.25) is 10.1 Å². The van der Waals surface area contributed by atoms with Crippen molar-refractivity contribution < 1.29 is 24.3 Å². The number of hydrogen-bond donors (Lipinski definition) is 1. The zero-order valence-corrected chi connectivity index (χ0v) is 12.6. The second kappa shape index (κ2) is 8.14. The maximum atomic E-state index is 11.6. The largest absolute Gasteiger partial charge is 0.494 e. The molecule has 0 heterocycles. The van der Waals surface area contributed by atoms with Gasteiger partial charge in [0, 0.05) is 6.07 Å². The molecule has 0 amide bonds. The van der Waals surface area contributed by atoms with Crippen LogP contribution < -0.4 is 4.74 Å². The third-order valence-corrected chi connectivity index (χ3v) is 2.83. The molecule has 0 radical (unpaired) electrons. The fourth-order valence-corrected chi connectivity index (χ4v) is 1.75. The first kappa shape index (κ1) is 17.6. The molecular weight excluding hydrogens is 290 g/mol. The summed E-state index contributed by atoms with van der Waals surface area (Å²) in [4.78, 5) is 22.1. The Labute approximate surface area is 128 Å². The van der Waals surface area contributed by atoms with Crippen LogP contribution in [-0.2, 0) is 9.53 Å². The van der Waals surface area contributed by atoms with E-state index >= 15 is 0 Å². The van der Waals surface area contributed by atoms with Crippen molar-refractivity contribution in [3.63, 3.8) is 0 Å². The first-order chi connectivity index (χ1) is 10.4. The van der Waals surface area contributed by atoms with Gasteiger partial charge in [-0.05, 0) is 25.5 Å². The van der Waals surface area contributed by atoms with E-state index in [0.29, 0.717) is 12.4 Å². The summed E-state index contributed by atoms with van der Waals surface area (Å²) in [5.74, 6) is -0.428. The van der Waals surface area contributed by atoms with Gasteiger partial charge in [0.2, 0.25) is 0 Å². The highest BCUT2D eigenvalue weighted by Gasteiger charge is 2.27. The Morgan fingerprint density at radius 3 is 2.68 bits per heavy atom. The molecule has 0 fully saturated rings. The highest BCUT2D eigenvalue weighted by molar-refractivity contribution is 5.89. The molecule has 1 N–H and O–H groups in total. The number of rotatable bonds is 8. The predicted octanol–water partition coefficient (Wildman–Crippen LogP) is 2.54. The summed E-state index contributed by atoms with van der Waals surface area (Å²) in [5.41, 5.74) is -0.643. The van der Waals surface area contributed by atoms with Crippen LogP contribution in [0.2, 0.25) is 0 Å². The summed E-state index contributed by atoms with van der Waals surface area (Å²) in [7, 11) is 0. The molecule has 0 saturated heterocycles. The molecule has 1 aromatic carbocycles. The summed E-state index contributed by atoms with van der Waals surface area (Å²) in [6.45, 7) is 7.54. The fourth-order valence-electron chi connectivity index (χ4n) is 1.75. The standard InChI is InChI=1S/C15H19NO6/c1-4-8-22-11-6-7-13(16(19)20)12(9-11)14(17)10(3)15(18)21-5-2/h6-7,9,14,17H,3-5,8H2,1-2H3/t14-/m0/s1. The summed E-state index contributed by atoms with van der Waals surface area (Å²) in [5, 5.41) is 21.3. The minimum absolute atomic E-state index is 0.0587. The minimum atomic E-state index is -1.54. The van der Waals surface area contributed by atoms with Crippen molar-refractivity contribution >= 4 is 11.7 Å². The molecule has 1 atom stereocenters. The molecule has 7 nitrogen and oxygen atoms in total. The Morgan fingerprint density at radius 1 is 1.45 bits per heavy atom. The first-order valence-electron chi connectivity index (χ1n) is 6.87. The van der Waals surface area contributed by atoms with Crippen LogP contribution in [0.4, 0.5) is 5.69 Å². The Hall–Kier alpha value is -2.41. The molecule has 0 aromatic heterocycles. The number of carbonyl (C=O) groups is 1. The number of aliphatic hydroxyl groups is 1. The van der Waals surface area contributed by atoms with Gasteiger partial charge in [-0.25, -0.2) is 4.79 Å². The molecule has 0 bridgehead atoms. The zero-order chi connectivity index (χ0) is 16.7. The molecule has 7 heteroatoms. The highest BCUT2D eigenvalue weighted by Crippen LogP contribution is 2.33. The number of benzene rings is 1. The van der Waals surface area contributed by atoms with Crippen LogP contribution in [-0.4, -0.2) is 29.2 Å². The molecule has 1 aromatic rings. The number of nitrogens with zero attached hydrogens (tertiary/aromatic N) is 1. The lowest BCUT2D eigenvalue weighted by Gasteiger charge is -2.14. The van der Waals surface area contributed by atoms with Crippen LogP contribution >= 0.6 is 0 Å². The van der Waals surface area contributed by atoms with Crippen molar-refractivity contribution in [2.24, 2.45) is 0 Å². The van der Waals surface area contributed by atoms with Crippen molar-refractivity contribution in [2.75, 3.05) is 13.2 Å². The third-order valence-electron chi connectivity index (χ3n) is 2.83. The van der Waals surface area contributed by atoms with E-state index in [-0.39, 0.29) is 23.4 Å². The van der Waals surface area contributed by atoms with Crippen LogP contribution in [0, 0.1) is 10.1 Å². The molecule has 1 rings (SSSR count). The molecule has 120 valence electrons. The Balaban J connectivity index is 3.14. The normalized spacial score (nSPS) is 11.6. The highest BCUT2D eigenvalue weighted by atomic mass is 16.6. The maximum absolute atomic E-state index is 11.6. The van der Waals surface area contributed by atoms with Crippen molar-refractivity contribution in [1.29, 1.82) is 0 Å². The summed E-state index contributed by atoms with van der Waals surface area (Å²) in [6, 6.07) is 4.00. The van der Waals surface area contributed by atoms with Crippen LogP contribution in [0.15, 0.2) is 30.4 Å². The van der Waals surface area contributed by atoms with E-state index in [1.54, 1.807) is 6.92 Å². The van der Waals surface area contributed by atoms with E-state index in [0.717, 1.165) is 6.42 Å². The number of carbonyl (C=O) groups excluding carboxylic acids is 1. The smallest absolute Gasteiger partial charge is 0.336 e. The van der Waals surface area contributed by atoms with Gasteiger partial charge in [0.15, 0.2) is 0 Å². The SMILES string of the molecule is C=C(C(=O)OCC)[C@H](O)c1cc(OCCC)ccc1[N+](=O)[O-]. The van der Waals surface area contributed by atoms with Gasteiger partial charge < -0.3 is 14.6 Å². The topological polar surface area (TPSA) is 98.9 Å². The maximum Gasteiger partial charge on any atom is 0.336 e. The van der Waals surface area contributed by atoms with Crippen LogP contribution in [0.1, 0.15) is 31.9 Å². The van der Waals surface area contributed by atoms with Gasteiger partial charge in [0.05, 0.1) is 29.3 Å². The van der Waals surface area contributed by atoms with E-state index in [2.05, 4.69) is 6.58 Å². The van der Waals surface area contributed by atoms with Crippen LogP contribution in [0.3, 0.4) is 0 Å². The van der Waals surface area contributed by atoms with Gasteiger partial charge in [-0.1, -0.05) is 13.5 Å². The van der Waals surface area contributed by atoms with Crippen LogP contribution in [0.5, 0.6) is 5.75 Å². The van der Waals surface area contributed by atoms with Gasteiger partial charge in [0.25, 0.3) is 5.69 Å². The van der Waals surface area contributed by atoms with E-state index in [4.69, 9.17) is 9.47 Å². The Kier molecular flexibility index (Phi) is 6.52. The lowest BCUT2D eigenvalue weighted by Crippen LogP contribution is -2.15. The van der Waals surface area contributed by atoms with Crippen molar-refractivity contribution in [3.8, 4) is 5.75 Å². The summed E-state index contributed by atoms with van der Waals surface area (Å²) >= 11 is 0. The third kappa shape index (κ3) is 4.29. The average molecular weight is 309 g/mol. The molecule has 0 aliphatic rings. The second-order valence-corrected chi connectivity index (χ2v) is 4.47.